The Morgan fingerprint density at radius 3 is 2.79 bits per heavy atom. The summed E-state index contributed by atoms with van der Waals surface area (Å²) in [5, 5.41) is 13.0. The maximum Gasteiger partial charge on any atom is 0.269 e. The van der Waals surface area contributed by atoms with Gasteiger partial charge in [0.15, 0.2) is 0 Å². The van der Waals surface area contributed by atoms with Crippen LogP contribution in [0.3, 0.4) is 0 Å². The van der Waals surface area contributed by atoms with Gasteiger partial charge >= 0.3 is 0 Å². The molecule has 0 bridgehead atoms. The molecule has 1 aromatic carbocycles. The van der Waals surface area contributed by atoms with Crippen LogP contribution in [0.4, 0.5) is 5.69 Å². The van der Waals surface area contributed by atoms with Crippen LogP contribution in [0.25, 0.3) is 0 Å². The van der Waals surface area contributed by atoms with Crippen LogP contribution in [0.2, 0.25) is 0 Å². The lowest BCUT2D eigenvalue weighted by Crippen LogP contribution is -2.24. The Balaban J connectivity index is 2.29. The highest BCUT2D eigenvalue weighted by Gasteiger charge is 2.03. The van der Waals surface area contributed by atoms with Gasteiger partial charge in [-0.1, -0.05) is 12.1 Å². The Kier molecular flexibility index (Phi) is 3.62. The van der Waals surface area contributed by atoms with Gasteiger partial charge < -0.3 is 4.90 Å². The summed E-state index contributed by atoms with van der Waals surface area (Å²) in [6.45, 7) is 0.363. The van der Waals surface area contributed by atoms with E-state index in [1.807, 2.05) is 25.1 Å². The lowest BCUT2D eigenvalue weighted by Gasteiger charge is -2.12. The molecule has 0 amide bonds. The number of hydrogen-bond acceptors (Lipinski definition) is 4. The minimum atomic E-state index is -0.159. The zero-order chi connectivity index (χ0) is 13.8. The van der Waals surface area contributed by atoms with Crippen LogP contribution in [0.15, 0.2) is 41.3 Å². The fourth-order valence-corrected chi connectivity index (χ4v) is 1.70. The molecule has 0 aliphatic rings. The third kappa shape index (κ3) is 2.99. The van der Waals surface area contributed by atoms with Crippen molar-refractivity contribution in [2.24, 2.45) is 0 Å². The van der Waals surface area contributed by atoms with E-state index in [1.54, 1.807) is 30.5 Å². The highest BCUT2D eigenvalue weighted by molar-refractivity contribution is 5.40. The van der Waals surface area contributed by atoms with Crippen molar-refractivity contribution in [1.29, 1.82) is 5.26 Å². The summed E-state index contributed by atoms with van der Waals surface area (Å²) in [6, 6.07) is 10.8. The minimum absolute atomic E-state index is 0.159. The van der Waals surface area contributed by atoms with Crippen LogP contribution in [0.5, 0.6) is 0 Å². The Hall–Kier alpha value is -2.61. The average Bonchev–Trinajstić information content (AvgIpc) is 2.41. The third-order valence-corrected chi connectivity index (χ3v) is 2.76. The summed E-state index contributed by atoms with van der Waals surface area (Å²) >= 11 is 0. The van der Waals surface area contributed by atoms with E-state index in [1.165, 1.54) is 4.68 Å². The molecule has 0 N–H and O–H groups in total. The first-order valence-corrected chi connectivity index (χ1v) is 5.83. The second-order valence-electron chi connectivity index (χ2n) is 4.42. The first-order valence-electron chi connectivity index (χ1n) is 5.83. The van der Waals surface area contributed by atoms with Crippen molar-refractivity contribution in [3.05, 3.63) is 58.0 Å². The Morgan fingerprint density at radius 2 is 2.16 bits per heavy atom. The van der Waals surface area contributed by atoms with Gasteiger partial charge in [-0.15, -0.1) is 0 Å². The summed E-state index contributed by atoms with van der Waals surface area (Å²) in [6.07, 6.45) is 1.65. The first kappa shape index (κ1) is 12.8. The second-order valence-corrected chi connectivity index (χ2v) is 4.42. The Labute approximate surface area is 111 Å². The van der Waals surface area contributed by atoms with E-state index >= 15 is 0 Å². The third-order valence-electron chi connectivity index (χ3n) is 2.76. The van der Waals surface area contributed by atoms with Crippen molar-refractivity contribution in [3.63, 3.8) is 0 Å². The molecule has 0 aliphatic carbocycles. The highest BCUT2D eigenvalue weighted by Crippen LogP contribution is 2.07. The zero-order valence-electron chi connectivity index (χ0n) is 10.9. The number of anilines is 1. The summed E-state index contributed by atoms with van der Waals surface area (Å²) in [5.74, 6) is 0. The monoisotopic (exact) mass is 254 g/mol. The van der Waals surface area contributed by atoms with E-state index in [-0.39, 0.29) is 5.56 Å². The van der Waals surface area contributed by atoms with E-state index in [0.717, 1.165) is 11.3 Å². The number of benzene rings is 1. The fourth-order valence-electron chi connectivity index (χ4n) is 1.70. The van der Waals surface area contributed by atoms with Gasteiger partial charge in [0.05, 0.1) is 30.1 Å². The maximum atomic E-state index is 11.9. The summed E-state index contributed by atoms with van der Waals surface area (Å²) in [4.78, 5) is 13.7. The van der Waals surface area contributed by atoms with Gasteiger partial charge in [0.2, 0.25) is 0 Å². The Morgan fingerprint density at radius 1 is 1.37 bits per heavy atom. The normalized spacial score (nSPS) is 9.95. The van der Waals surface area contributed by atoms with Crippen molar-refractivity contribution in [1.82, 2.24) is 9.78 Å². The second kappa shape index (κ2) is 5.36. The van der Waals surface area contributed by atoms with Gasteiger partial charge in [0.1, 0.15) is 0 Å². The van der Waals surface area contributed by atoms with Crippen molar-refractivity contribution in [3.8, 4) is 6.07 Å². The number of nitriles is 1. The molecule has 0 spiro atoms. The van der Waals surface area contributed by atoms with Crippen molar-refractivity contribution < 1.29 is 0 Å². The molecule has 0 saturated heterocycles. The van der Waals surface area contributed by atoms with Gasteiger partial charge in [-0.25, -0.2) is 4.68 Å². The number of aromatic nitrogens is 2. The van der Waals surface area contributed by atoms with E-state index in [2.05, 4.69) is 11.2 Å². The van der Waals surface area contributed by atoms with Crippen molar-refractivity contribution in [2.75, 3.05) is 19.0 Å². The molecule has 5 nitrogen and oxygen atoms in total. The summed E-state index contributed by atoms with van der Waals surface area (Å²) in [5.41, 5.74) is 2.07. The molecule has 1 aromatic heterocycles. The number of hydrogen-bond donors (Lipinski definition) is 0. The molecule has 0 fully saturated rings. The molecule has 96 valence electrons. The quantitative estimate of drug-likeness (QED) is 0.826. The molecule has 0 radical (unpaired) electrons. The SMILES string of the molecule is CN(C)c1cnn(Cc2cccc(C#N)c2)c(=O)c1. The molecule has 2 aromatic rings. The first-order chi connectivity index (χ1) is 9.10. The molecule has 0 saturated carbocycles. The van der Waals surface area contributed by atoms with Gasteiger partial charge in [-0.2, -0.15) is 10.4 Å². The molecule has 5 heteroatoms. The van der Waals surface area contributed by atoms with Crippen LogP contribution in [0.1, 0.15) is 11.1 Å². The summed E-state index contributed by atoms with van der Waals surface area (Å²) < 4.78 is 1.38. The van der Waals surface area contributed by atoms with Gasteiger partial charge in [0.25, 0.3) is 5.56 Å². The predicted octanol–water partition coefficient (Wildman–Crippen LogP) is 1.23. The lowest BCUT2D eigenvalue weighted by molar-refractivity contribution is 0.638. The van der Waals surface area contributed by atoms with E-state index in [9.17, 15) is 4.79 Å². The largest absolute Gasteiger partial charge is 0.376 e. The van der Waals surface area contributed by atoms with E-state index in [4.69, 9.17) is 5.26 Å². The molecule has 2 rings (SSSR count). The highest BCUT2D eigenvalue weighted by atomic mass is 16.1. The Bertz CT molecular complexity index is 682. The van der Waals surface area contributed by atoms with Gasteiger partial charge in [-0.05, 0) is 17.7 Å². The molecule has 19 heavy (non-hydrogen) atoms. The standard InChI is InChI=1S/C14H14N4O/c1-17(2)13-7-14(19)18(16-9-13)10-12-5-3-4-11(6-12)8-15/h3-7,9H,10H2,1-2H3. The number of nitrogens with zero attached hydrogens (tertiary/aromatic N) is 4. The minimum Gasteiger partial charge on any atom is -0.376 e. The van der Waals surface area contributed by atoms with Crippen molar-refractivity contribution >= 4 is 5.69 Å². The van der Waals surface area contributed by atoms with E-state index in [0.29, 0.717) is 12.1 Å². The molecular formula is C14H14N4O. The number of rotatable bonds is 3. The topological polar surface area (TPSA) is 61.9 Å². The lowest BCUT2D eigenvalue weighted by atomic mass is 10.1. The summed E-state index contributed by atoms with van der Waals surface area (Å²) in [7, 11) is 3.72. The molecule has 0 unspecified atom stereocenters. The van der Waals surface area contributed by atoms with Gasteiger partial charge in [-0.3, -0.25) is 4.79 Å². The zero-order valence-corrected chi connectivity index (χ0v) is 10.9. The van der Waals surface area contributed by atoms with Crippen LogP contribution >= 0.6 is 0 Å². The van der Waals surface area contributed by atoms with E-state index < -0.39 is 0 Å². The van der Waals surface area contributed by atoms with Crippen LogP contribution < -0.4 is 10.5 Å². The van der Waals surface area contributed by atoms with Gasteiger partial charge in [0, 0.05) is 20.2 Å². The van der Waals surface area contributed by atoms with Crippen molar-refractivity contribution in [2.45, 2.75) is 6.54 Å². The maximum absolute atomic E-state index is 11.9. The van der Waals surface area contributed by atoms with Crippen LogP contribution in [-0.2, 0) is 6.54 Å². The molecule has 0 atom stereocenters. The van der Waals surface area contributed by atoms with Crippen LogP contribution in [-0.4, -0.2) is 23.9 Å². The smallest absolute Gasteiger partial charge is 0.269 e. The average molecular weight is 254 g/mol. The predicted molar refractivity (Wildman–Crippen MR) is 73.1 cm³/mol. The van der Waals surface area contributed by atoms with Crippen LogP contribution in [0, 0.1) is 11.3 Å². The fraction of sp³-hybridized carbons (Fsp3) is 0.214. The molecule has 1 heterocycles. The molecule has 0 aliphatic heterocycles. The molecular weight excluding hydrogens is 240 g/mol.